The van der Waals surface area contributed by atoms with Gasteiger partial charge >= 0.3 is 0 Å². The van der Waals surface area contributed by atoms with Crippen molar-refractivity contribution in [1.29, 1.82) is 0 Å². The van der Waals surface area contributed by atoms with Gasteiger partial charge in [-0.25, -0.2) is 4.98 Å². The highest BCUT2D eigenvalue weighted by atomic mass is 16.5. The van der Waals surface area contributed by atoms with Crippen LogP contribution < -0.4 is 14.8 Å². The Bertz CT molecular complexity index is 900. The average molecular weight is 378 g/mol. The van der Waals surface area contributed by atoms with E-state index in [1.165, 1.54) is 0 Å². The highest BCUT2D eigenvalue weighted by Crippen LogP contribution is 2.19. The van der Waals surface area contributed by atoms with Crippen molar-refractivity contribution in [1.82, 2.24) is 4.98 Å². The monoisotopic (exact) mass is 378 g/mol. The zero-order valence-electron chi connectivity index (χ0n) is 15.6. The van der Waals surface area contributed by atoms with Gasteiger partial charge in [-0.2, -0.15) is 0 Å². The molecule has 2 aromatic carbocycles. The van der Waals surface area contributed by atoms with E-state index < -0.39 is 0 Å². The van der Waals surface area contributed by atoms with Crippen molar-refractivity contribution in [3.8, 4) is 11.6 Å². The maximum atomic E-state index is 12.6. The lowest BCUT2D eigenvalue weighted by atomic mass is 10.2. The number of anilines is 1. The zero-order chi connectivity index (χ0) is 19.6. The number of aromatic nitrogens is 1. The number of carbonyl (C=O) groups is 1. The van der Waals surface area contributed by atoms with Gasteiger partial charge in [-0.05, 0) is 23.8 Å². The van der Waals surface area contributed by atoms with Crippen molar-refractivity contribution in [3.63, 3.8) is 0 Å². The fourth-order valence-electron chi connectivity index (χ4n) is 2.47. The molecule has 144 valence electrons. The van der Waals surface area contributed by atoms with E-state index in [0.29, 0.717) is 42.7 Å². The molecular formula is C22H22N2O4. The molecule has 0 bridgehead atoms. The predicted molar refractivity (Wildman–Crippen MR) is 107 cm³/mol. The Morgan fingerprint density at radius 2 is 1.82 bits per heavy atom. The van der Waals surface area contributed by atoms with Gasteiger partial charge in [0, 0.05) is 36.7 Å². The topological polar surface area (TPSA) is 69.7 Å². The Labute approximate surface area is 164 Å². The van der Waals surface area contributed by atoms with Crippen LogP contribution in [0.1, 0.15) is 15.9 Å². The molecule has 0 saturated carbocycles. The maximum absolute atomic E-state index is 12.6. The van der Waals surface area contributed by atoms with Crippen LogP contribution >= 0.6 is 0 Å². The van der Waals surface area contributed by atoms with Gasteiger partial charge < -0.3 is 19.5 Å². The quantitative estimate of drug-likeness (QED) is 0.571. The molecule has 0 spiro atoms. The number of methoxy groups -OCH3 is 1. The third-order valence-electron chi connectivity index (χ3n) is 3.87. The highest BCUT2D eigenvalue weighted by molar-refractivity contribution is 6.04. The van der Waals surface area contributed by atoms with E-state index in [1.54, 1.807) is 37.6 Å². The minimum atomic E-state index is -0.249. The highest BCUT2D eigenvalue weighted by Gasteiger charge is 2.09. The second-order valence-corrected chi connectivity index (χ2v) is 5.98. The first-order chi connectivity index (χ1) is 13.7. The summed E-state index contributed by atoms with van der Waals surface area (Å²) in [6.45, 7) is 1.33. The second kappa shape index (κ2) is 10.1. The molecule has 6 nitrogen and oxygen atoms in total. The fraction of sp³-hybridized carbons (Fsp3) is 0.182. The normalized spacial score (nSPS) is 10.3. The van der Waals surface area contributed by atoms with E-state index in [9.17, 15) is 4.79 Å². The van der Waals surface area contributed by atoms with Crippen molar-refractivity contribution in [2.24, 2.45) is 0 Å². The summed E-state index contributed by atoms with van der Waals surface area (Å²) in [5.74, 6) is 0.811. The smallest absolute Gasteiger partial charge is 0.255 e. The number of benzene rings is 2. The molecule has 1 amide bonds. The van der Waals surface area contributed by atoms with Crippen molar-refractivity contribution >= 4 is 11.6 Å². The molecule has 1 N–H and O–H groups in total. The molecule has 0 radical (unpaired) electrons. The molecule has 0 aliphatic rings. The Morgan fingerprint density at radius 3 is 2.64 bits per heavy atom. The summed E-state index contributed by atoms with van der Waals surface area (Å²) in [5, 5.41) is 2.86. The molecule has 1 heterocycles. The number of hydrogen-bond acceptors (Lipinski definition) is 5. The molecule has 28 heavy (non-hydrogen) atoms. The van der Waals surface area contributed by atoms with Gasteiger partial charge in [0.1, 0.15) is 19.0 Å². The van der Waals surface area contributed by atoms with Gasteiger partial charge in [0.15, 0.2) is 0 Å². The molecule has 3 aromatic rings. The molecule has 0 aliphatic heterocycles. The Kier molecular flexibility index (Phi) is 6.98. The number of nitrogens with one attached hydrogen (secondary N) is 1. The summed E-state index contributed by atoms with van der Waals surface area (Å²) in [7, 11) is 1.62. The van der Waals surface area contributed by atoms with Crippen LogP contribution in [0.25, 0.3) is 0 Å². The summed E-state index contributed by atoms with van der Waals surface area (Å²) in [4.78, 5) is 16.7. The van der Waals surface area contributed by atoms with Gasteiger partial charge in [0.2, 0.25) is 5.88 Å². The number of pyridine rings is 1. The van der Waals surface area contributed by atoms with Crippen molar-refractivity contribution in [3.05, 3.63) is 84.1 Å². The molecule has 0 unspecified atom stereocenters. The Morgan fingerprint density at radius 1 is 0.964 bits per heavy atom. The van der Waals surface area contributed by atoms with Crippen LogP contribution in [0, 0.1) is 0 Å². The van der Waals surface area contributed by atoms with E-state index in [1.807, 2.05) is 42.5 Å². The van der Waals surface area contributed by atoms with Crippen LogP contribution in [0.5, 0.6) is 11.6 Å². The van der Waals surface area contributed by atoms with Crippen LogP contribution in [0.4, 0.5) is 5.69 Å². The third kappa shape index (κ3) is 5.82. The van der Waals surface area contributed by atoms with Crippen LogP contribution in [-0.4, -0.2) is 31.2 Å². The van der Waals surface area contributed by atoms with Gasteiger partial charge in [-0.15, -0.1) is 0 Å². The predicted octanol–water partition coefficient (Wildman–Crippen LogP) is 3.94. The summed E-state index contributed by atoms with van der Waals surface area (Å²) in [5.41, 5.74) is 2.14. The fourth-order valence-corrected chi connectivity index (χ4v) is 2.47. The summed E-state index contributed by atoms with van der Waals surface area (Å²) in [6, 6.07) is 20.3. The van der Waals surface area contributed by atoms with Crippen LogP contribution in [0.2, 0.25) is 0 Å². The molecule has 0 atom stereocenters. The van der Waals surface area contributed by atoms with Crippen molar-refractivity contribution < 1.29 is 19.0 Å². The van der Waals surface area contributed by atoms with E-state index in [0.717, 1.165) is 5.56 Å². The summed E-state index contributed by atoms with van der Waals surface area (Å²) >= 11 is 0. The number of amides is 1. The maximum Gasteiger partial charge on any atom is 0.255 e. The SMILES string of the molecule is COCCOc1cccc(NC(=O)c2ccnc(OCc3ccccc3)c2)c1. The van der Waals surface area contributed by atoms with Crippen LogP contribution in [0.15, 0.2) is 72.9 Å². The van der Waals surface area contributed by atoms with E-state index >= 15 is 0 Å². The Hall–Kier alpha value is -3.38. The van der Waals surface area contributed by atoms with Crippen molar-refractivity contribution in [2.75, 3.05) is 25.6 Å². The number of ether oxygens (including phenoxy) is 3. The molecule has 0 fully saturated rings. The van der Waals surface area contributed by atoms with Crippen LogP contribution in [-0.2, 0) is 11.3 Å². The van der Waals surface area contributed by atoms with Gasteiger partial charge in [-0.3, -0.25) is 4.79 Å². The number of carbonyl (C=O) groups excluding carboxylic acids is 1. The first kappa shape index (κ1) is 19.4. The first-order valence-corrected chi connectivity index (χ1v) is 8.90. The Balaban J connectivity index is 1.60. The molecule has 0 aliphatic carbocycles. The second-order valence-electron chi connectivity index (χ2n) is 5.98. The van der Waals surface area contributed by atoms with Gasteiger partial charge in [0.05, 0.1) is 6.61 Å². The molecule has 3 rings (SSSR count). The summed E-state index contributed by atoms with van der Waals surface area (Å²) < 4.78 is 16.2. The minimum Gasteiger partial charge on any atom is -0.491 e. The minimum absolute atomic E-state index is 0.249. The zero-order valence-corrected chi connectivity index (χ0v) is 15.6. The molecule has 1 aromatic heterocycles. The molecular weight excluding hydrogens is 356 g/mol. The van der Waals surface area contributed by atoms with Crippen LogP contribution in [0.3, 0.4) is 0 Å². The lowest BCUT2D eigenvalue weighted by Gasteiger charge is -2.10. The van der Waals surface area contributed by atoms with E-state index in [2.05, 4.69) is 10.3 Å². The number of nitrogens with zero attached hydrogens (tertiary/aromatic N) is 1. The van der Waals surface area contributed by atoms with Gasteiger partial charge in [-0.1, -0.05) is 36.4 Å². The average Bonchev–Trinajstić information content (AvgIpc) is 2.74. The lowest BCUT2D eigenvalue weighted by Crippen LogP contribution is -2.12. The van der Waals surface area contributed by atoms with Crippen molar-refractivity contribution in [2.45, 2.75) is 6.61 Å². The largest absolute Gasteiger partial charge is 0.491 e. The molecule has 6 heteroatoms. The molecule has 0 saturated heterocycles. The summed E-state index contributed by atoms with van der Waals surface area (Å²) in [6.07, 6.45) is 1.56. The standard InChI is InChI=1S/C22H22N2O4/c1-26-12-13-27-20-9-5-8-19(15-20)24-22(25)18-10-11-23-21(14-18)28-16-17-6-3-2-4-7-17/h2-11,14-15H,12-13,16H2,1H3,(H,24,25). The number of hydrogen-bond donors (Lipinski definition) is 1. The van der Waals surface area contributed by atoms with E-state index in [4.69, 9.17) is 14.2 Å². The van der Waals surface area contributed by atoms with E-state index in [-0.39, 0.29) is 5.91 Å². The first-order valence-electron chi connectivity index (χ1n) is 8.90. The third-order valence-corrected chi connectivity index (χ3v) is 3.87. The lowest BCUT2D eigenvalue weighted by molar-refractivity contribution is 0.102. The number of rotatable bonds is 9. The van der Waals surface area contributed by atoms with Gasteiger partial charge in [0.25, 0.3) is 5.91 Å².